The first kappa shape index (κ1) is 10.3. The lowest BCUT2D eigenvalue weighted by atomic mass is 9.75. The van der Waals surface area contributed by atoms with E-state index in [1.54, 1.807) is 0 Å². The van der Waals surface area contributed by atoms with Gasteiger partial charge in [0.25, 0.3) is 0 Å². The Morgan fingerprint density at radius 3 is 2.73 bits per heavy atom. The van der Waals surface area contributed by atoms with E-state index < -0.39 is 0 Å². The number of hydrogen-bond acceptors (Lipinski definition) is 3. The van der Waals surface area contributed by atoms with E-state index in [0.717, 1.165) is 18.1 Å². The van der Waals surface area contributed by atoms with Crippen LogP contribution in [0.15, 0.2) is 18.3 Å². The molecule has 15 heavy (non-hydrogen) atoms. The van der Waals surface area contributed by atoms with Crippen molar-refractivity contribution in [1.29, 1.82) is 0 Å². The molecule has 3 nitrogen and oxygen atoms in total. The smallest absolute Gasteiger partial charge is 0.149 e. The molecule has 2 N–H and O–H groups in total. The monoisotopic (exact) mass is 205 g/mol. The molecular formula is C12H19N3. The van der Waals surface area contributed by atoms with Gasteiger partial charge in [0.05, 0.1) is 5.69 Å². The fourth-order valence-electron chi connectivity index (χ4n) is 1.65. The zero-order chi connectivity index (χ0) is 11.1. The van der Waals surface area contributed by atoms with Crippen LogP contribution in [-0.2, 0) is 0 Å². The third kappa shape index (κ3) is 1.66. The zero-order valence-corrected chi connectivity index (χ0v) is 9.89. The highest BCUT2D eigenvalue weighted by atomic mass is 15.1. The van der Waals surface area contributed by atoms with Crippen molar-refractivity contribution in [2.45, 2.75) is 33.2 Å². The highest BCUT2D eigenvalue weighted by Crippen LogP contribution is 2.38. The number of rotatable bonds is 0. The van der Waals surface area contributed by atoms with Gasteiger partial charge < -0.3 is 10.6 Å². The lowest BCUT2D eigenvalue weighted by Gasteiger charge is -2.40. The molecule has 0 radical (unpaired) electrons. The maximum Gasteiger partial charge on any atom is 0.149 e. The van der Waals surface area contributed by atoms with Gasteiger partial charge in [-0.05, 0) is 26.0 Å². The summed E-state index contributed by atoms with van der Waals surface area (Å²) >= 11 is 0. The summed E-state index contributed by atoms with van der Waals surface area (Å²) in [6, 6.07) is 4.02. The van der Waals surface area contributed by atoms with Crippen LogP contribution in [0.2, 0.25) is 0 Å². The number of nitrogens with one attached hydrogen (secondary N) is 2. The Balaban J connectivity index is 2.42. The molecule has 2 heterocycles. The number of aromatic nitrogens is 1. The summed E-state index contributed by atoms with van der Waals surface area (Å²) in [5.41, 5.74) is 1.30. The van der Waals surface area contributed by atoms with Crippen molar-refractivity contribution in [3.8, 4) is 0 Å². The van der Waals surface area contributed by atoms with Crippen molar-refractivity contribution in [3.05, 3.63) is 18.3 Å². The SMILES string of the molecule is CC1(C)CNc2cccnc2NC1(C)C. The Morgan fingerprint density at radius 2 is 2.00 bits per heavy atom. The van der Waals surface area contributed by atoms with Crippen LogP contribution in [0.25, 0.3) is 0 Å². The third-order valence-electron chi connectivity index (χ3n) is 3.65. The van der Waals surface area contributed by atoms with Gasteiger partial charge in [-0.2, -0.15) is 0 Å². The average Bonchev–Trinajstić information content (AvgIpc) is 2.23. The maximum atomic E-state index is 4.37. The molecule has 1 aromatic heterocycles. The zero-order valence-electron chi connectivity index (χ0n) is 9.89. The normalized spacial score (nSPS) is 21.9. The second-order valence-electron chi connectivity index (χ2n) is 5.39. The first-order valence-electron chi connectivity index (χ1n) is 5.39. The molecule has 0 bridgehead atoms. The Kier molecular flexibility index (Phi) is 2.14. The van der Waals surface area contributed by atoms with Crippen LogP contribution >= 0.6 is 0 Å². The van der Waals surface area contributed by atoms with Crippen molar-refractivity contribution in [2.24, 2.45) is 5.41 Å². The number of nitrogens with zero attached hydrogens (tertiary/aromatic N) is 1. The Bertz CT molecular complexity index is 369. The summed E-state index contributed by atoms with van der Waals surface area (Å²) in [5.74, 6) is 0.952. The van der Waals surface area contributed by atoms with Crippen molar-refractivity contribution in [2.75, 3.05) is 17.2 Å². The molecule has 0 fully saturated rings. The van der Waals surface area contributed by atoms with Crippen LogP contribution in [0.1, 0.15) is 27.7 Å². The molecule has 1 aromatic rings. The summed E-state index contributed by atoms with van der Waals surface area (Å²) in [7, 11) is 0. The molecule has 0 saturated carbocycles. The number of anilines is 2. The molecule has 3 heteroatoms. The van der Waals surface area contributed by atoms with E-state index in [4.69, 9.17) is 0 Å². The van der Waals surface area contributed by atoms with E-state index in [-0.39, 0.29) is 11.0 Å². The molecule has 0 aromatic carbocycles. The van der Waals surface area contributed by atoms with Crippen LogP contribution in [0.3, 0.4) is 0 Å². The van der Waals surface area contributed by atoms with Gasteiger partial charge in [-0.25, -0.2) is 4.98 Å². The Labute approximate surface area is 91.3 Å². The topological polar surface area (TPSA) is 37.0 Å². The maximum absolute atomic E-state index is 4.37. The summed E-state index contributed by atoms with van der Waals surface area (Å²) in [6.45, 7) is 9.92. The Hall–Kier alpha value is -1.25. The first-order valence-corrected chi connectivity index (χ1v) is 5.39. The van der Waals surface area contributed by atoms with Crippen LogP contribution in [0.5, 0.6) is 0 Å². The van der Waals surface area contributed by atoms with Gasteiger partial charge in [0.2, 0.25) is 0 Å². The summed E-state index contributed by atoms with van der Waals surface area (Å²) in [5, 5.41) is 6.96. The van der Waals surface area contributed by atoms with Gasteiger partial charge in [-0.1, -0.05) is 13.8 Å². The van der Waals surface area contributed by atoms with Crippen molar-refractivity contribution in [3.63, 3.8) is 0 Å². The number of fused-ring (bicyclic) bond motifs is 1. The lowest BCUT2D eigenvalue weighted by Crippen LogP contribution is -2.48. The minimum atomic E-state index is 0.0274. The largest absolute Gasteiger partial charge is 0.381 e. The van der Waals surface area contributed by atoms with Crippen LogP contribution < -0.4 is 10.6 Å². The highest BCUT2D eigenvalue weighted by Gasteiger charge is 2.39. The standard InChI is InChI=1S/C12H19N3/c1-11(2)8-14-9-6-5-7-13-10(9)15-12(11,3)4/h5-7,14H,8H2,1-4H3,(H,13,15). The van der Waals surface area contributed by atoms with Crippen molar-refractivity contribution in [1.82, 2.24) is 4.98 Å². The molecular weight excluding hydrogens is 186 g/mol. The molecule has 0 saturated heterocycles. The van der Waals surface area contributed by atoms with Gasteiger partial charge in [0.15, 0.2) is 0 Å². The first-order chi connectivity index (χ1) is 6.92. The molecule has 0 amide bonds. The fraction of sp³-hybridized carbons (Fsp3) is 0.583. The van der Waals surface area contributed by atoms with Crippen LogP contribution in [0, 0.1) is 5.41 Å². The van der Waals surface area contributed by atoms with Crippen molar-refractivity contribution < 1.29 is 0 Å². The fourth-order valence-corrected chi connectivity index (χ4v) is 1.65. The molecule has 2 rings (SSSR count). The second kappa shape index (κ2) is 3.12. The predicted octanol–water partition coefficient (Wildman–Crippen LogP) is 2.72. The van der Waals surface area contributed by atoms with E-state index in [1.165, 1.54) is 0 Å². The minimum absolute atomic E-state index is 0.0274. The summed E-state index contributed by atoms with van der Waals surface area (Å²) < 4.78 is 0. The van der Waals surface area contributed by atoms with Gasteiger partial charge in [-0.3, -0.25) is 0 Å². The van der Waals surface area contributed by atoms with Gasteiger partial charge in [0, 0.05) is 23.7 Å². The molecule has 1 aliphatic rings. The molecule has 0 atom stereocenters. The van der Waals surface area contributed by atoms with E-state index in [2.05, 4.69) is 49.4 Å². The van der Waals surface area contributed by atoms with Crippen LogP contribution in [-0.4, -0.2) is 17.1 Å². The van der Waals surface area contributed by atoms with Gasteiger partial charge in [-0.15, -0.1) is 0 Å². The average molecular weight is 205 g/mol. The van der Waals surface area contributed by atoms with Gasteiger partial charge in [0.1, 0.15) is 5.82 Å². The van der Waals surface area contributed by atoms with E-state index in [9.17, 15) is 0 Å². The number of hydrogen-bond donors (Lipinski definition) is 2. The van der Waals surface area contributed by atoms with E-state index >= 15 is 0 Å². The molecule has 1 aliphatic heterocycles. The minimum Gasteiger partial charge on any atom is -0.381 e. The Morgan fingerprint density at radius 1 is 1.27 bits per heavy atom. The lowest BCUT2D eigenvalue weighted by molar-refractivity contribution is 0.245. The summed E-state index contributed by atoms with van der Waals surface area (Å²) in [6.07, 6.45) is 1.82. The van der Waals surface area contributed by atoms with Crippen LogP contribution in [0.4, 0.5) is 11.5 Å². The second-order valence-corrected chi connectivity index (χ2v) is 5.39. The molecule has 0 unspecified atom stereocenters. The van der Waals surface area contributed by atoms with E-state index in [1.807, 2.05) is 12.3 Å². The number of pyridine rings is 1. The highest BCUT2D eigenvalue weighted by molar-refractivity contribution is 5.66. The quantitative estimate of drug-likeness (QED) is 0.683. The molecule has 0 aliphatic carbocycles. The van der Waals surface area contributed by atoms with Crippen molar-refractivity contribution >= 4 is 11.5 Å². The summed E-state index contributed by atoms with van der Waals surface area (Å²) in [4.78, 5) is 4.37. The van der Waals surface area contributed by atoms with Gasteiger partial charge >= 0.3 is 0 Å². The predicted molar refractivity (Wildman–Crippen MR) is 64.2 cm³/mol. The molecule has 82 valence electrons. The van der Waals surface area contributed by atoms with E-state index in [0.29, 0.717) is 0 Å². The molecule has 0 spiro atoms. The third-order valence-corrected chi connectivity index (χ3v) is 3.65.